The van der Waals surface area contributed by atoms with Gasteiger partial charge >= 0.3 is 11.9 Å². The van der Waals surface area contributed by atoms with Gasteiger partial charge in [0.15, 0.2) is 0 Å². The van der Waals surface area contributed by atoms with Crippen LogP contribution in [0.3, 0.4) is 0 Å². The van der Waals surface area contributed by atoms with Crippen molar-refractivity contribution in [3.8, 4) is 0 Å². The van der Waals surface area contributed by atoms with Gasteiger partial charge in [0.25, 0.3) is 0 Å². The van der Waals surface area contributed by atoms with Crippen molar-refractivity contribution in [2.45, 2.75) is 46.5 Å². The molecule has 0 heterocycles. The number of carbonyl (C=O) groups excluding carboxylic acids is 2. The number of hydrogen-bond donors (Lipinski definition) is 0. The molecule has 5 heteroatoms. The highest BCUT2D eigenvalue weighted by molar-refractivity contribution is 5.67. The average Bonchev–Trinajstić information content (AvgIpc) is 2.51. The second-order valence-corrected chi connectivity index (χ2v) is 5.88. The number of carbonyl (C=O) groups is 2. The lowest BCUT2D eigenvalue weighted by molar-refractivity contribution is -0.160. The van der Waals surface area contributed by atoms with Crippen LogP contribution in [0.15, 0.2) is 42.5 Å². The summed E-state index contributed by atoms with van der Waals surface area (Å²) in [5, 5.41) is 0. The van der Waals surface area contributed by atoms with E-state index in [1.54, 1.807) is 6.92 Å². The Morgan fingerprint density at radius 2 is 1.62 bits per heavy atom. The van der Waals surface area contributed by atoms with Gasteiger partial charge in [-0.05, 0) is 18.1 Å². The van der Waals surface area contributed by atoms with E-state index in [0.717, 1.165) is 5.56 Å². The number of ether oxygens (including phenoxy) is 3. The maximum absolute atomic E-state index is 11.4. The zero-order valence-corrected chi connectivity index (χ0v) is 14.8. The van der Waals surface area contributed by atoms with Crippen LogP contribution in [0.2, 0.25) is 0 Å². The van der Waals surface area contributed by atoms with Crippen molar-refractivity contribution in [2.24, 2.45) is 5.92 Å². The van der Waals surface area contributed by atoms with Gasteiger partial charge in [0.2, 0.25) is 0 Å². The quantitative estimate of drug-likeness (QED) is 0.512. The average molecular weight is 334 g/mol. The molecule has 1 rings (SSSR count). The van der Waals surface area contributed by atoms with Gasteiger partial charge < -0.3 is 14.2 Å². The molecule has 0 fully saturated rings. The summed E-state index contributed by atoms with van der Waals surface area (Å²) in [5.74, 6) is -1.08. The minimum absolute atomic E-state index is 0.209. The maximum atomic E-state index is 11.4. The van der Waals surface area contributed by atoms with Gasteiger partial charge in [-0.3, -0.25) is 9.59 Å². The largest absolute Gasteiger partial charge is 0.460 e. The van der Waals surface area contributed by atoms with Crippen LogP contribution < -0.4 is 0 Å². The molecule has 0 aliphatic heterocycles. The van der Waals surface area contributed by atoms with Crippen LogP contribution >= 0.6 is 0 Å². The molecule has 0 bridgehead atoms. The second kappa shape index (κ2) is 9.88. The Morgan fingerprint density at radius 3 is 2.12 bits per heavy atom. The number of esters is 2. The summed E-state index contributed by atoms with van der Waals surface area (Å²) < 4.78 is 16.4. The molecule has 1 aromatic rings. The number of hydrogen-bond acceptors (Lipinski definition) is 5. The van der Waals surface area contributed by atoms with E-state index in [1.165, 1.54) is 13.8 Å². The van der Waals surface area contributed by atoms with Crippen molar-refractivity contribution < 1.29 is 23.8 Å². The van der Waals surface area contributed by atoms with E-state index in [2.05, 4.69) is 6.58 Å². The smallest absolute Gasteiger partial charge is 0.303 e. The fourth-order valence-corrected chi connectivity index (χ4v) is 2.40. The van der Waals surface area contributed by atoms with Gasteiger partial charge in [0.1, 0.15) is 12.2 Å². The normalized spacial score (nSPS) is 14.3. The minimum Gasteiger partial charge on any atom is -0.460 e. The summed E-state index contributed by atoms with van der Waals surface area (Å²) in [4.78, 5) is 22.7. The van der Waals surface area contributed by atoms with E-state index < -0.39 is 24.1 Å². The Morgan fingerprint density at radius 1 is 1.04 bits per heavy atom. The zero-order chi connectivity index (χ0) is 18.1. The van der Waals surface area contributed by atoms with E-state index in [-0.39, 0.29) is 12.5 Å². The van der Waals surface area contributed by atoms with E-state index in [0.29, 0.717) is 12.2 Å². The predicted molar refractivity (Wildman–Crippen MR) is 91.2 cm³/mol. The van der Waals surface area contributed by atoms with Crippen molar-refractivity contribution in [3.05, 3.63) is 48.0 Å². The summed E-state index contributed by atoms with van der Waals surface area (Å²) >= 11 is 0. The third-order valence-corrected chi connectivity index (χ3v) is 3.55. The van der Waals surface area contributed by atoms with Crippen LogP contribution in [-0.4, -0.2) is 30.8 Å². The van der Waals surface area contributed by atoms with Crippen LogP contribution in [0.5, 0.6) is 0 Å². The Labute approximate surface area is 143 Å². The molecule has 0 aromatic heterocycles. The molecule has 0 aliphatic rings. The summed E-state index contributed by atoms with van der Waals surface area (Å²) in [5.41, 5.74) is 1.72. The highest BCUT2D eigenvalue weighted by atomic mass is 16.6. The van der Waals surface area contributed by atoms with Gasteiger partial charge in [-0.15, -0.1) is 0 Å². The third-order valence-electron chi connectivity index (χ3n) is 3.55. The van der Waals surface area contributed by atoms with Crippen molar-refractivity contribution >= 4 is 11.9 Å². The summed E-state index contributed by atoms with van der Waals surface area (Å²) in [6, 6.07) is 9.72. The first-order valence-electron chi connectivity index (χ1n) is 7.92. The summed E-state index contributed by atoms with van der Waals surface area (Å²) in [7, 11) is 0. The van der Waals surface area contributed by atoms with Gasteiger partial charge in [-0.2, -0.15) is 0 Å². The standard InChI is InChI=1S/C19H26O5/c1-13(2)19(24-16(5)21)14(3)18(23-15(4)20)12-22-11-17-9-7-6-8-10-17/h6-10,14,18-19H,1,11-12H2,2-5H3/t14-,18+,19-/m1/s1. The Balaban J connectivity index is 2.72. The molecular formula is C19H26O5. The van der Waals surface area contributed by atoms with Crippen LogP contribution in [0.1, 0.15) is 33.3 Å². The summed E-state index contributed by atoms with van der Waals surface area (Å²) in [6.07, 6.45) is -1.07. The molecule has 0 amide bonds. The van der Waals surface area contributed by atoms with Crippen molar-refractivity contribution in [1.29, 1.82) is 0 Å². The SMILES string of the molecule is C=C(C)[C@@H](OC(C)=O)[C@H](C)[C@H](COCc1ccccc1)OC(C)=O. The Bertz CT molecular complexity index is 552. The fourth-order valence-electron chi connectivity index (χ4n) is 2.40. The molecule has 0 spiro atoms. The Kier molecular flexibility index (Phi) is 8.19. The monoisotopic (exact) mass is 334 g/mol. The van der Waals surface area contributed by atoms with Crippen LogP contribution in [0.4, 0.5) is 0 Å². The maximum Gasteiger partial charge on any atom is 0.303 e. The third kappa shape index (κ3) is 6.96. The van der Waals surface area contributed by atoms with Crippen molar-refractivity contribution in [1.82, 2.24) is 0 Å². The second-order valence-electron chi connectivity index (χ2n) is 5.88. The van der Waals surface area contributed by atoms with Gasteiger partial charge in [-0.25, -0.2) is 0 Å². The molecule has 24 heavy (non-hydrogen) atoms. The predicted octanol–water partition coefficient (Wildman–Crippen LogP) is 3.28. The molecule has 0 N–H and O–H groups in total. The Hall–Kier alpha value is -2.14. The first-order valence-corrected chi connectivity index (χ1v) is 7.92. The first kappa shape index (κ1) is 19.9. The molecule has 3 atom stereocenters. The molecule has 1 aromatic carbocycles. The van der Waals surface area contributed by atoms with Crippen LogP contribution in [-0.2, 0) is 30.4 Å². The van der Waals surface area contributed by atoms with E-state index in [9.17, 15) is 9.59 Å². The highest BCUT2D eigenvalue weighted by Gasteiger charge is 2.31. The van der Waals surface area contributed by atoms with Crippen LogP contribution in [0.25, 0.3) is 0 Å². The van der Waals surface area contributed by atoms with Crippen LogP contribution in [0, 0.1) is 5.92 Å². The minimum atomic E-state index is -0.535. The molecule has 0 unspecified atom stereocenters. The number of benzene rings is 1. The zero-order valence-electron chi connectivity index (χ0n) is 14.8. The number of rotatable bonds is 9. The highest BCUT2D eigenvalue weighted by Crippen LogP contribution is 2.22. The van der Waals surface area contributed by atoms with Crippen molar-refractivity contribution in [2.75, 3.05) is 6.61 Å². The van der Waals surface area contributed by atoms with E-state index >= 15 is 0 Å². The van der Waals surface area contributed by atoms with Gasteiger partial charge in [-0.1, -0.05) is 43.8 Å². The van der Waals surface area contributed by atoms with E-state index in [1.807, 2.05) is 37.3 Å². The lowest BCUT2D eigenvalue weighted by Gasteiger charge is -2.30. The molecule has 132 valence electrons. The fraction of sp³-hybridized carbons (Fsp3) is 0.474. The van der Waals surface area contributed by atoms with Gasteiger partial charge in [0, 0.05) is 19.8 Å². The van der Waals surface area contributed by atoms with E-state index in [4.69, 9.17) is 14.2 Å². The lowest BCUT2D eigenvalue weighted by Crippen LogP contribution is -2.38. The first-order chi connectivity index (χ1) is 11.3. The summed E-state index contributed by atoms with van der Waals surface area (Å²) in [6.45, 7) is 10.8. The lowest BCUT2D eigenvalue weighted by atomic mass is 9.93. The van der Waals surface area contributed by atoms with Gasteiger partial charge in [0.05, 0.1) is 13.2 Å². The molecule has 0 saturated carbocycles. The molecule has 0 saturated heterocycles. The topological polar surface area (TPSA) is 61.8 Å². The molecule has 0 radical (unpaired) electrons. The molecule has 5 nitrogen and oxygen atoms in total. The molecular weight excluding hydrogens is 308 g/mol. The van der Waals surface area contributed by atoms with Crippen molar-refractivity contribution in [3.63, 3.8) is 0 Å². The molecule has 0 aliphatic carbocycles.